The summed E-state index contributed by atoms with van der Waals surface area (Å²) in [5.74, 6) is -0.165. The van der Waals surface area contributed by atoms with Gasteiger partial charge in [0.25, 0.3) is 0 Å². The fourth-order valence-electron chi connectivity index (χ4n) is 4.08. The Balaban J connectivity index is 1.80. The van der Waals surface area contributed by atoms with E-state index in [0.717, 1.165) is 0 Å². The van der Waals surface area contributed by atoms with Crippen molar-refractivity contribution in [3.05, 3.63) is 83.9 Å². The first kappa shape index (κ1) is 21.8. The molecule has 0 unspecified atom stereocenters. The third-order valence-corrected chi connectivity index (χ3v) is 5.55. The van der Waals surface area contributed by atoms with Gasteiger partial charge in [0, 0.05) is 28.6 Å². The Labute approximate surface area is 199 Å². The molecular weight excluding hydrogens is 448 g/mol. The lowest BCUT2D eigenvalue weighted by molar-refractivity contribution is 0.449. The van der Waals surface area contributed by atoms with Gasteiger partial charge in [-0.25, -0.2) is 0 Å². The molecule has 0 bridgehead atoms. The molecule has 7 nitrogen and oxygen atoms in total. The Morgan fingerprint density at radius 2 is 1.14 bits per heavy atom. The Hall–Kier alpha value is -5.04. The second-order valence-electron chi connectivity index (χ2n) is 8.09. The van der Waals surface area contributed by atoms with Gasteiger partial charge in [-0.2, -0.15) is 0 Å². The standard InChI is InChI=1S/C28H20O7/c29-19-6-3-17(4-7-19)27-26(18-11-22(32)14-23(33)12-18)25-16(5-8-24(34)28(25)35-27)2-1-15-9-20(30)13-21(31)10-15/h1-14,29-34H/b2-1+. The molecule has 0 radical (unpaired) electrons. The highest BCUT2D eigenvalue weighted by molar-refractivity contribution is 6.08. The maximum absolute atomic E-state index is 10.6. The summed E-state index contributed by atoms with van der Waals surface area (Å²) < 4.78 is 6.11. The predicted molar refractivity (Wildman–Crippen MR) is 132 cm³/mol. The molecule has 5 rings (SSSR count). The Morgan fingerprint density at radius 3 is 1.77 bits per heavy atom. The Bertz CT molecular complexity index is 1550. The molecule has 0 aliphatic heterocycles. The van der Waals surface area contributed by atoms with Crippen LogP contribution in [-0.2, 0) is 0 Å². The van der Waals surface area contributed by atoms with E-state index < -0.39 is 0 Å². The summed E-state index contributed by atoms with van der Waals surface area (Å²) >= 11 is 0. The number of rotatable bonds is 4. The lowest BCUT2D eigenvalue weighted by atomic mass is 9.95. The zero-order chi connectivity index (χ0) is 24.7. The van der Waals surface area contributed by atoms with Crippen LogP contribution < -0.4 is 0 Å². The highest BCUT2D eigenvalue weighted by Gasteiger charge is 2.23. The van der Waals surface area contributed by atoms with Gasteiger partial charge in [-0.05, 0) is 71.3 Å². The number of fused-ring (bicyclic) bond motifs is 1. The summed E-state index contributed by atoms with van der Waals surface area (Å²) in [5.41, 5.74) is 2.91. The lowest BCUT2D eigenvalue weighted by Gasteiger charge is -2.08. The minimum atomic E-state index is -0.154. The molecule has 0 spiro atoms. The molecule has 174 valence electrons. The molecule has 1 aromatic heterocycles. The molecule has 0 saturated carbocycles. The van der Waals surface area contributed by atoms with Crippen molar-refractivity contribution >= 4 is 23.1 Å². The van der Waals surface area contributed by atoms with E-state index in [4.69, 9.17) is 4.42 Å². The highest BCUT2D eigenvalue weighted by Crippen LogP contribution is 2.47. The summed E-state index contributed by atoms with van der Waals surface area (Å²) in [6.45, 7) is 0. The third-order valence-electron chi connectivity index (χ3n) is 5.55. The molecular formula is C28H20O7. The van der Waals surface area contributed by atoms with Crippen LogP contribution in [-0.4, -0.2) is 30.6 Å². The van der Waals surface area contributed by atoms with Crippen LogP contribution in [0.15, 0.2) is 77.2 Å². The first-order valence-electron chi connectivity index (χ1n) is 10.6. The van der Waals surface area contributed by atoms with E-state index >= 15 is 0 Å². The van der Waals surface area contributed by atoms with E-state index in [9.17, 15) is 30.6 Å². The van der Waals surface area contributed by atoms with Gasteiger partial charge in [-0.3, -0.25) is 0 Å². The largest absolute Gasteiger partial charge is 0.508 e. The number of aromatic hydroxyl groups is 6. The smallest absolute Gasteiger partial charge is 0.177 e. The van der Waals surface area contributed by atoms with Crippen LogP contribution >= 0.6 is 0 Å². The van der Waals surface area contributed by atoms with Crippen molar-refractivity contribution in [2.24, 2.45) is 0 Å². The molecule has 35 heavy (non-hydrogen) atoms. The molecule has 7 heteroatoms. The number of hydrogen-bond donors (Lipinski definition) is 6. The fraction of sp³-hybridized carbons (Fsp3) is 0. The van der Waals surface area contributed by atoms with Gasteiger partial charge in [-0.1, -0.05) is 18.2 Å². The van der Waals surface area contributed by atoms with E-state index in [0.29, 0.717) is 39.0 Å². The predicted octanol–water partition coefficient (Wildman–Crippen LogP) is 6.17. The maximum atomic E-state index is 10.6. The van der Waals surface area contributed by atoms with Crippen LogP contribution in [0.1, 0.15) is 11.1 Å². The van der Waals surface area contributed by atoms with E-state index in [-0.39, 0.29) is 40.1 Å². The fourth-order valence-corrected chi connectivity index (χ4v) is 4.08. The minimum Gasteiger partial charge on any atom is -0.508 e. The van der Waals surface area contributed by atoms with Gasteiger partial charge in [-0.15, -0.1) is 0 Å². The number of phenolic OH excluding ortho intramolecular Hbond substituents is 6. The number of phenols is 6. The van der Waals surface area contributed by atoms with Crippen molar-refractivity contribution < 1.29 is 35.1 Å². The molecule has 0 saturated heterocycles. The Morgan fingerprint density at radius 1 is 0.543 bits per heavy atom. The monoisotopic (exact) mass is 468 g/mol. The van der Waals surface area contributed by atoms with Gasteiger partial charge in [0.1, 0.15) is 34.5 Å². The summed E-state index contributed by atoms with van der Waals surface area (Å²) in [6, 6.07) is 17.8. The van der Waals surface area contributed by atoms with Crippen molar-refractivity contribution in [1.82, 2.24) is 0 Å². The van der Waals surface area contributed by atoms with Crippen LogP contribution in [0.3, 0.4) is 0 Å². The normalized spacial score (nSPS) is 11.4. The average molecular weight is 468 g/mol. The first-order valence-corrected chi connectivity index (χ1v) is 10.6. The van der Waals surface area contributed by atoms with Crippen molar-refractivity contribution in [3.63, 3.8) is 0 Å². The highest BCUT2D eigenvalue weighted by atomic mass is 16.4. The van der Waals surface area contributed by atoms with Gasteiger partial charge >= 0.3 is 0 Å². The second-order valence-corrected chi connectivity index (χ2v) is 8.09. The van der Waals surface area contributed by atoms with Crippen molar-refractivity contribution in [3.8, 4) is 56.9 Å². The first-order chi connectivity index (χ1) is 16.8. The zero-order valence-electron chi connectivity index (χ0n) is 18.2. The Kier molecular flexibility index (Phi) is 5.22. The van der Waals surface area contributed by atoms with Crippen LogP contribution in [0.2, 0.25) is 0 Å². The summed E-state index contributed by atoms with van der Waals surface area (Å²) in [7, 11) is 0. The maximum Gasteiger partial charge on any atom is 0.177 e. The molecule has 1 heterocycles. The van der Waals surface area contributed by atoms with Gasteiger partial charge in [0.2, 0.25) is 0 Å². The van der Waals surface area contributed by atoms with Crippen LogP contribution in [0.25, 0.3) is 45.6 Å². The van der Waals surface area contributed by atoms with Crippen LogP contribution in [0.5, 0.6) is 34.5 Å². The van der Waals surface area contributed by atoms with E-state index in [1.54, 1.807) is 30.4 Å². The number of furan rings is 1. The zero-order valence-corrected chi connectivity index (χ0v) is 18.2. The summed E-state index contributed by atoms with van der Waals surface area (Å²) in [5, 5.41) is 60.7. The third kappa shape index (κ3) is 4.18. The van der Waals surface area contributed by atoms with E-state index in [1.165, 1.54) is 54.6 Å². The van der Waals surface area contributed by atoms with Crippen molar-refractivity contribution in [1.29, 1.82) is 0 Å². The second kappa shape index (κ2) is 8.39. The molecule has 5 aromatic rings. The van der Waals surface area contributed by atoms with E-state index in [2.05, 4.69) is 0 Å². The minimum absolute atomic E-state index is 0.0715. The molecule has 6 N–H and O–H groups in total. The molecule has 4 aromatic carbocycles. The van der Waals surface area contributed by atoms with Crippen molar-refractivity contribution in [2.75, 3.05) is 0 Å². The van der Waals surface area contributed by atoms with Crippen molar-refractivity contribution in [2.45, 2.75) is 0 Å². The average Bonchev–Trinajstić information content (AvgIpc) is 3.20. The summed E-state index contributed by atoms with van der Waals surface area (Å²) in [4.78, 5) is 0. The SMILES string of the molecule is Oc1ccc(-c2oc3c(O)ccc(/C=C/c4cc(O)cc(O)c4)c3c2-c2cc(O)cc(O)c2)cc1. The van der Waals surface area contributed by atoms with E-state index in [1.807, 2.05) is 0 Å². The quantitative estimate of drug-likeness (QED) is 0.174. The van der Waals surface area contributed by atoms with Gasteiger partial charge in [0.05, 0.1) is 0 Å². The topological polar surface area (TPSA) is 135 Å². The summed E-state index contributed by atoms with van der Waals surface area (Å²) in [6.07, 6.45) is 3.42. The van der Waals surface area contributed by atoms with Crippen LogP contribution in [0.4, 0.5) is 0 Å². The van der Waals surface area contributed by atoms with Gasteiger partial charge in [0.15, 0.2) is 11.3 Å². The molecule has 0 aliphatic rings. The molecule has 0 aliphatic carbocycles. The van der Waals surface area contributed by atoms with Gasteiger partial charge < -0.3 is 35.1 Å². The molecule has 0 amide bonds. The molecule has 0 fully saturated rings. The molecule has 0 atom stereocenters. The lowest BCUT2D eigenvalue weighted by Crippen LogP contribution is -1.84. The number of hydrogen-bond acceptors (Lipinski definition) is 7. The number of benzene rings is 4. The van der Waals surface area contributed by atoms with Crippen LogP contribution in [0, 0.1) is 0 Å².